The van der Waals surface area contributed by atoms with Crippen LogP contribution >= 0.6 is 0 Å². The van der Waals surface area contributed by atoms with Gasteiger partial charge < -0.3 is 15.1 Å². The molecule has 1 saturated heterocycles. The maximum absolute atomic E-state index is 12.7. The number of hydrogen-bond donors (Lipinski definition) is 1. The second kappa shape index (κ2) is 7.56. The van der Waals surface area contributed by atoms with Gasteiger partial charge in [0.15, 0.2) is 0 Å². The molecule has 0 aliphatic carbocycles. The van der Waals surface area contributed by atoms with E-state index in [1.807, 2.05) is 49.0 Å². The summed E-state index contributed by atoms with van der Waals surface area (Å²) in [5, 5.41) is 2.92. The summed E-state index contributed by atoms with van der Waals surface area (Å²) in [6, 6.07) is 8.87. The SMILES string of the molecule is Cc1c(NC(=O)c2ccnc(N(C)C)c2)cccc1C(=O)N1CCCC1. The van der Waals surface area contributed by atoms with Crippen LogP contribution in [0.4, 0.5) is 11.5 Å². The van der Waals surface area contributed by atoms with Crippen molar-refractivity contribution in [2.24, 2.45) is 0 Å². The van der Waals surface area contributed by atoms with Crippen molar-refractivity contribution in [3.8, 4) is 0 Å². The number of nitrogens with one attached hydrogen (secondary N) is 1. The third-order valence-electron chi connectivity index (χ3n) is 4.67. The molecule has 2 heterocycles. The number of pyridine rings is 1. The van der Waals surface area contributed by atoms with Gasteiger partial charge in [-0.25, -0.2) is 4.98 Å². The lowest BCUT2D eigenvalue weighted by molar-refractivity contribution is 0.0791. The Bertz CT molecular complexity index is 826. The number of hydrogen-bond acceptors (Lipinski definition) is 4. The lowest BCUT2D eigenvalue weighted by Crippen LogP contribution is -2.28. The Morgan fingerprint density at radius 3 is 2.58 bits per heavy atom. The zero-order valence-electron chi connectivity index (χ0n) is 15.5. The molecule has 136 valence electrons. The van der Waals surface area contributed by atoms with Crippen molar-refractivity contribution >= 4 is 23.3 Å². The average molecular weight is 352 g/mol. The van der Waals surface area contributed by atoms with E-state index in [-0.39, 0.29) is 11.8 Å². The quantitative estimate of drug-likeness (QED) is 0.919. The molecule has 0 bridgehead atoms. The first-order valence-corrected chi connectivity index (χ1v) is 8.81. The fourth-order valence-electron chi connectivity index (χ4n) is 3.09. The van der Waals surface area contributed by atoms with Crippen LogP contribution in [0.15, 0.2) is 36.5 Å². The zero-order valence-corrected chi connectivity index (χ0v) is 15.5. The predicted octanol–water partition coefficient (Wildman–Crippen LogP) is 2.94. The molecule has 26 heavy (non-hydrogen) atoms. The summed E-state index contributed by atoms with van der Waals surface area (Å²) in [6.45, 7) is 3.48. The van der Waals surface area contributed by atoms with Crippen molar-refractivity contribution in [2.45, 2.75) is 19.8 Å². The molecule has 1 N–H and O–H groups in total. The Morgan fingerprint density at radius 1 is 1.15 bits per heavy atom. The van der Waals surface area contributed by atoms with Crippen LogP contribution in [0.2, 0.25) is 0 Å². The summed E-state index contributed by atoms with van der Waals surface area (Å²) in [6.07, 6.45) is 3.72. The Kier molecular flexibility index (Phi) is 5.21. The molecular formula is C20H24N4O2. The fourth-order valence-corrected chi connectivity index (χ4v) is 3.09. The molecule has 3 rings (SSSR count). The van der Waals surface area contributed by atoms with Crippen LogP contribution < -0.4 is 10.2 Å². The molecule has 1 aliphatic rings. The summed E-state index contributed by atoms with van der Waals surface area (Å²) >= 11 is 0. The molecule has 1 aromatic heterocycles. The number of aromatic nitrogens is 1. The zero-order chi connectivity index (χ0) is 18.7. The van der Waals surface area contributed by atoms with Gasteiger partial charge in [0.05, 0.1) is 0 Å². The third-order valence-corrected chi connectivity index (χ3v) is 4.67. The van der Waals surface area contributed by atoms with E-state index in [4.69, 9.17) is 0 Å². The van der Waals surface area contributed by atoms with Crippen molar-refractivity contribution in [3.63, 3.8) is 0 Å². The first-order chi connectivity index (χ1) is 12.5. The van der Waals surface area contributed by atoms with Crippen LogP contribution in [0.5, 0.6) is 0 Å². The minimum absolute atomic E-state index is 0.0369. The van der Waals surface area contributed by atoms with E-state index in [0.717, 1.165) is 31.5 Å². The third kappa shape index (κ3) is 3.69. The van der Waals surface area contributed by atoms with E-state index in [1.165, 1.54) is 0 Å². The van der Waals surface area contributed by atoms with Gasteiger partial charge in [-0.3, -0.25) is 9.59 Å². The predicted molar refractivity (Wildman–Crippen MR) is 103 cm³/mol. The molecule has 6 heteroatoms. The summed E-state index contributed by atoms with van der Waals surface area (Å²) in [5.41, 5.74) is 2.62. The Balaban J connectivity index is 1.81. The smallest absolute Gasteiger partial charge is 0.255 e. The molecule has 0 unspecified atom stereocenters. The molecule has 0 spiro atoms. The summed E-state index contributed by atoms with van der Waals surface area (Å²) in [4.78, 5) is 33.3. The van der Waals surface area contributed by atoms with Crippen LogP contribution in [0.3, 0.4) is 0 Å². The van der Waals surface area contributed by atoms with Gasteiger partial charge in [0.2, 0.25) is 0 Å². The molecule has 0 atom stereocenters. The fraction of sp³-hybridized carbons (Fsp3) is 0.350. The molecule has 2 amide bonds. The Morgan fingerprint density at radius 2 is 1.88 bits per heavy atom. The Hall–Kier alpha value is -2.89. The minimum atomic E-state index is -0.218. The van der Waals surface area contributed by atoms with Crippen molar-refractivity contribution in [1.29, 1.82) is 0 Å². The van der Waals surface area contributed by atoms with E-state index in [1.54, 1.807) is 18.3 Å². The number of benzene rings is 1. The topological polar surface area (TPSA) is 65.5 Å². The van der Waals surface area contributed by atoms with Gasteiger partial charge in [-0.1, -0.05) is 6.07 Å². The highest BCUT2D eigenvalue weighted by Gasteiger charge is 2.22. The number of nitrogens with zero attached hydrogens (tertiary/aromatic N) is 3. The van der Waals surface area contributed by atoms with Gasteiger partial charge in [0, 0.05) is 50.2 Å². The number of carbonyl (C=O) groups excluding carboxylic acids is 2. The highest BCUT2D eigenvalue weighted by Crippen LogP contribution is 2.23. The van der Waals surface area contributed by atoms with Gasteiger partial charge in [-0.2, -0.15) is 0 Å². The van der Waals surface area contributed by atoms with Crippen LogP contribution in [0.25, 0.3) is 0 Å². The lowest BCUT2D eigenvalue weighted by Gasteiger charge is -2.18. The van der Waals surface area contributed by atoms with Crippen LogP contribution in [-0.4, -0.2) is 48.9 Å². The normalized spacial score (nSPS) is 13.6. The molecule has 0 radical (unpaired) electrons. The second-order valence-electron chi connectivity index (χ2n) is 6.73. The van der Waals surface area contributed by atoms with E-state index in [9.17, 15) is 9.59 Å². The van der Waals surface area contributed by atoms with Gasteiger partial charge >= 0.3 is 0 Å². The summed E-state index contributed by atoms with van der Waals surface area (Å²) in [5.74, 6) is 0.534. The van der Waals surface area contributed by atoms with Gasteiger partial charge in [0.25, 0.3) is 11.8 Å². The average Bonchev–Trinajstić information content (AvgIpc) is 3.17. The van der Waals surface area contributed by atoms with E-state index >= 15 is 0 Å². The summed E-state index contributed by atoms with van der Waals surface area (Å²) < 4.78 is 0. The second-order valence-corrected chi connectivity index (χ2v) is 6.73. The van der Waals surface area contributed by atoms with Gasteiger partial charge in [-0.05, 0) is 49.6 Å². The molecule has 1 fully saturated rings. The van der Waals surface area contributed by atoms with Crippen LogP contribution in [-0.2, 0) is 0 Å². The van der Waals surface area contributed by atoms with Crippen molar-refractivity contribution in [3.05, 3.63) is 53.2 Å². The maximum atomic E-state index is 12.7. The first kappa shape index (κ1) is 17.9. The Labute approximate surface area is 153 Å². The van der Waals surface area contributed by atoms with Crippen LogP contribution in [0, 0.1) is 6.92 Å². The highest BCUT2D eigenvalue weighted by atomic mass is 16.2. The molecule has 2 aromatic rings. The van der Waals surface area contributed by atoms with E-state index in [0.29, 0.717) is 22.6 Å². The number of amides is 2. The minimum Gasteiger partial charge on any atom is -0.363 e. The highest BCUT2D eigenvalue weighted by molar-refractivity contribution is 6.06. The molecule has 1 aliphatic heterocycles. The number of anilines is 2. The van der Waals surface area contributed by atoms with Crippen molar-refractivity contribution in [2.75, 3.05) is 37.4 Å². The molecular weight excluding hydrogens is 328 g/mol. The van der Waals surface area contributed by atoms with Gasteiger partial charge in [0.1, 0.15) is 5.82 Å². The monoisotopic (exact) mass is 352 g/mol. The lowest BCUT2D eigenvalue weighted by atomic mass is 10.0. The molecule has 6 nitrogen and oxygen atoms in total. The number of rotatable bonds is 4. The van der Waals surface area contributed by atoms with E-state index in [2.05, 4.69) is 10.3 Å². The number of carbonyl (C=O) groups is 2. The maximum Gasteiger partial charge on any atom is 0.255 e. The molecule has 0 saturated carbocycles. The number of likely N-dealkylation sites (tertiary alicyclic amines) is 1. The van der Waals surface area contributed by atoms with Crippen molar-refractivity contribution in [1.82, 2.24) is 9.88 Å². The largest absolute Gasteiger partial charge is 0.363 e. The van der Waals surface area contributed by atoms with Crippen molar-refractivity contribution < 1.29 is 9.59 Å². The standard InChI is InChI=1S/C20H24N4O2/c1-14-16(20(26)24-11-4-5-12-24)7-6-8-17(14)22-19(25)15-9-10-21-18(13-15)23(2)3/h6-10,13H,4-5,11-12H2,1-3H3,(H,22,25). The summed E-state index contributed by atoms with van der Waals surface area (Å²) in [7, 11) is 3.75. The van der Waals surface area contributed by atoms with Crippen LogP contribution in [0.1, 0.15) is 39.1 Å². The first-order valence-electron chi connectivity index (χ1n) is 8.81. The van der Waals surface area contributed by atoms with E-state index < -0.39 is 0 Å². The van der Waals surface area contributed by atoms with Gasteiger partial charge in [-0.15, -0.1) is 0 Å². The molecule has 1 aromatic carbocycles.